The fourth-order valence-corrected chi connectivity index (χ4v) is 2.45. The molecule has 98 valence electrons. The summed E-state index contributed by atoms with van der Waals surface area (Å²) in [7, 11) is 0. The van der Waals surface area contributed by atoms with Gasteiger partial charge < -0.3 is 4.57 Å². The van der Waals surface area contributed by atoms with E-state index in [2.05, 4.69) is 15.9 Å². The standard InChI is InChI=1S/C13H8BrCl2NO2/c14-10-3-9(7-18)6-17(13(10)19)5-8-1-2-11(15)12(16)4-8/h1-4,6-7H,5H2. The Kier molecular flexibility index (Phi) is 4.45. The van der Waals surface area contributed by atoms with E-state index in [1.807, 2.05) is 0 Å². The average molecular weight is 361 g/mol. The molecule has 0 radical (unpaired) electrons. The van der Waals surface area contributed by atoms with Crippen LogP contribution in [0.3, 0.4) is 0 Å². The summed E-state index contributed by atoms with van der Waals surface area (Å²) >= 11 is 14.9. The third-order valence-corrected chi connectivity index (χ3v) is 3.84. The Hall–Kier alpha value is -1.10. The monoisotopic (exact) mass is 359 g/mol. The molecule has 6 heteroatoms. The second-order valence-electron chi connectivity index (χ2n) is 3.92. The van der Waals surface area contributed by atoms with Crippen LogP contribution in [0, 0.1) is 0 Å². The molecule has 0 aliphatic heterocycles. The van der Waals surface area contributed by atoms with Crippen molar-refractivity contribution < 1.29 is 4.79 Å². The van der Waals surface area contributed by atoms with Crippen LogP contribution < -0.4 is 5.56 Å². The summed E-state index contributed by atoms with van der Waals surface area (Å²) in [5.74, 6) is 0. The highest BCUT2D eigenvalue weighted by atomic mass is 79.9. The van der Waals surface area contributed by atoms with Crippen LogP contribution in [-0.2, 0) is 6.54 Å². The van der Waals surface area contributed by atoms with Crippen molar-refractivity contribution in [3.8, 4) is 0 Å². The fraction of sp³-hybridized carbons (Fsp3) is 0.0769. The van der Waals surface area contributed by atoms with Gasteiger partial charge in [-0.2, -0.15) is 0 Å². The van der Waals surface area contributed by atoms with Crippen molar-refractivity contribution in [1.29, 1.82) is 0 Å². The molecule has 2 aromatic rings. The summed E-state index contributed by atoms with van der Waals surface area (Å²) in [4.78, 5) is 22.7. The maximum absolute atomic E-state index is 11.9. The molecule has 0 atom stereocenters. The maximum atomic E-state index is 11.9. The average Bonchev–Trinajstić information content (AvgIpc) is 2.39. The number of aldehydes is 1. The first-order valence-electron chi connectivity index (χ1n) is 5.30. The van der Waals surface area contributed by atoms with Gasteiger partial charge in [-0.3, -0.25) is 9.59 Å². The van der Waals surface area contributed by atoms with Gasteiger partial charge in [0.15, 0.2) is 6.29 Å². The molecular weight excluding hydrogens is 353 g/mol. The van der Waals surface area contributed by atoms with Crippen molar-refractivity contribution in [2.45, 2.75) is 6.54 Å². The summed E-state index contributed by atoms with van der Waals surface area (Å²) in [6.45, 7) is 0.315. The van der Waals surface area contributed by atoms with E-state index in [4.69, 9.17) is 23.2 Å². The summed E-state index contributed by atoms with van der Waals surface area (Å²) in [6, 6.07) is 6.63. The predicted octanol–water partition coefficient (Wildman–Crippen LogP) is 3.78. The van der Waals surface area contributed by atoms with Gasteiger partial charge in [0.25, 0.3) is 5.56 Å². The summed E-state index contributed by atoms with van der Waals surface area (Å²) < 4.78 is 1.78. The first-order valence-corrected chi connectivity index (χ1v) is 6.85. The predicted molar refractivity (Wildman–Crippen MR) is 79.4 cm³/mol. The van der Waals surface area contributed by atoms with Crippen molar-refractivity contribution in [3.63, 3.8) is 0 Å². The normalized spacial score (nSPS) is 10.5. The minimum Gasteiger partial charge on any atom is -0.309 e. The number of carbonyl (C=O) groups excluding carboxylic acids is 1. The Bertz CT molecular complexity index is 698. The molecule has 0 fully saturated rings. The molecule has 0 bridgehead atoms. The van der Waals surface area contributed by atoms with Crippen LogP contribution in [0.2, 0.25) is 10.0 Å². The summed E-state index contributed by atoms with van der Waals surface area (Å²) in [5.41, 5.74) is 1.04. The molecule has 19 heavy (non-hydrogen) atoms. The lowest BCUT2D eigenvalue weighted by molar-refractivity contribution is 0.112. The van der Waals surface area contributed by atoms with Gasteiger partial charge in [-0.25, -0.2) is 0 Å². The zero-order valence-corrected chi connectivity index (χ0v) is 12.7. The van der Waals surface area contributed by atoms with E-state index < -0.39 is 0 Å². The zero-order valence-electron chi connectivity index (χ0n) is 9.57. The Morgan fingerprint density at radius 1 is 1.21 bits per heavy atom. The number of halogens is 3. The van der Waals surface area contributed by atoms with Gasteiger partial charge in [-0.15, -0.1) is 0 Å². The van der Waals surface area contributed by atoms with E-state index in [1.54, 1.807) is 18.2 Å². The minimum atomic E-state index is -0.211. The van der Waals surface area contributed by atoms with Crippen molar-refractivity contribution in [1.82, 2.24) is 4.57 Å². The number of hydrogen-bond donors (Lipinski definition) is 0. The molecule has 3 nitrogen and oxygen atoms in total. The van der Waals surface area contributed by atoms with Crippen molar-refractivity contribution in [3.05, 3.63) is 66.5 Å². The number of carbonyl (C=O) groups is 1. The molecular formula is C13H8BrCl2NO2. The number of benzene rings is 1. The van der Waals surface area contributed by atoms with Gasteiger partial charge in [-0.05, 0) is 39.7 Å². The molecule has 0 unspecified atom stereocenters. The quantitative estimate of drug-likeness (QED) is 0.781. The van der Waals surface area contributed by atoms with E-state index in [-0.39, 0.29) is 5.56 Å². The van der Waals surface area contributed by atoms with Crippen LogP contribution in [0.4, 0.5) is 0 Å². The Morgan fingerprint density at radius 2 is 1.95 bits per heavy atom. The summed E-state index contributed by atoms with van der Waals surface area (Å²) in [5, 5.41) is 0.887. The second kappa shape index (κ2) is 5.90. The largest absolute Gasteiger partial charge is 0.309 e. The highest BCUT2D eigenvalue weighted by Crippen LogP contribution is 2.22. The zero-order chi connectivity index (χ0) is 14.0. The van der Waals surface area contributed by atoms with Crippen molar-refractivity contribution >= 4 is 45.4 Å². The number of hydrogen-bond acceptors (Lipinski definition) is 2. The van der Waals surface area contributed by atoms with Crippen LogP contribution in [0.1, 0.15) is 15.9 Å². The molecule has 0 saturated heterocycles. The van der Waals surface area contributed by atoms with E-state index in [9.17, 15) is 9.59 Å². The molecule has 1 heterocycles. The van der Waals surface area contributed by atoms with Crippen LogP contribution in [-0.4, -0.2) is 10.9 Å². The number of pyridine rings is 1. The fourth-order valence-electron chi connectivity index (χ4n) is 1.64. The topological polar surface area (TPSA) is 39.1 Å². The van der Waals surface area contributed by atoms with Gasteiger partial charge in [0.1, 0.15) is 0 Å². The highest BCUT2D eigenvalue weighted by Gasteiger charge is 2.06. The van der Waals surface area contributed by atoms with Crippen LogP contribution in [0.25, 0.3) is 0 Å². The van der Waals surface area contributed by atoms with Gasteiger partial charge in [-0.1, -0.05) is 29.3 Å². The third kappa shape index (κ3) is 3.26. The second-order valence-corrected chi connectivity index (χ2v) is 5.59. The highest BCUT2D eigenvalue weighted by molar-refractivity contribution is 9.10. The SMILES string of the molecule is O=Cc1cc(Br)c(=O)n(Cc2ccc(Cl)c(Cl)c2)c1. The Morgan fingerprint density at radius 3 is 2.58 bits per heavy atom. The molecule has 2 rings (SSSR count). The molecule has 0 N–H and O–H groups in total. The molecule has 1 aromatic carbocycles. The van der Waals surface area contributed by atoms with E-state index in [1.165, 1.54) is 16.8 Å². The van der Waals surface area contributed by atoms with E-state index in [0.717, 1.165) is 5.56 Å². The van der Waals surface area contributed by atoms with Gasteiger partial charge in [0.05, 0.1) is 21.1 Å². The lowest BCUT2D eigenvalue weighted by Gasteiger charge is -2.08. The lowest BCUT2D eigenvalue weighted by atomic mass is 10.2. The van der Waals surface area contributed by atoms with Crippen molar-refractivity contribution in [2.24, 2.45) is 0 Å². The minimum absolute atomic E-state index is 0.211. The van der Waals surface area contributed by atoms with Crippen LogP contribution in [0.15, 0.2) is 39.7 Å². The lowest BCUT2D eigenvalue weighted by Crippen LogP contribution is -2.21. The van der Waals surface area contributed by atoms with Gasteiger partial charge >= 0.3 is 0 Å². The van der Waals surface area contributed by atoms with Gasteiger partial charge in [0.2, 0.25) is 0 Å². The Balaban J connectivity index is 2.42. The number of rotatable bonds is 3. The molecule has 0 aliphatic rings. The van der Waals surface area contributed by atoms with E-state index >= 15 is 0 Å². The first kappa shape index (κ1) is 14.3. The molecule has 1 aromatic heterocycles. The van der Waals surface area contributed by atoms with Gasteiger partial charge in [0, 0.05) is 11.8 Å². The smallest absolute Gasteiger partial charge is 0.265 e. The van der Waals surface area contributed by atoms with Crippen LogP contribution >= 0.6 is 39.1 Å². The molecule has 0 aliphatic carbocycles. The van der Waals surface area contributed by atoms with Crippen molar-refractivity contribution in [2.75, 3.05) is 0 Å². The van der Waals surface area contributed by atoms with E-state index in [0.29, 0.717) is 32.9 Å². The Labute approximate surface area is 127 Å². The first-order chi connectivity index (χ1) is 9.01. The summed E-state index contributed by atoms with van der Waals surface area (Å²) in [6.07, 6.45) is 2.19. The molecule has 0 spiro atoms. The number of nitrogens with zero attached hydrogens (tertiary/aromatic N) is 1. The third-order valence-electron chi connectivity index (χ3n) is 2.54. The van der Waals surface area contributed by atoms with Crippen LogP contribution in [0.5, 0.6) is 0 Å². The maximum Gasteiger partial charge on any atom is 0.265 e. The molecule has 0 amide bonds. The molecule has 0 saturated carbocycles. The number of aromatic nitrogens is 1.